The summed E-state index contributed by atoms with van der Waals surface area (Å²) in [5.41, 5.74) is 1.17. The number of aryl methyl sites for hydroxylation is 1. The number of benzene rings is 2. The van der Waals surface area contributed by atoms with Crippen LogP contribution in [-0.4, -0.2) is 57.7 Å². The maximum absolute atomic E-state index is 10.1. The first-order valence-electron chi connectivity index (χ1n) is 8.30. The molecule has 2 aromatic rings. The molecular formula is C19H22Ac4O6S. The summed E-state index contributed by atoms with van der Waals surface area (Å²) in [5, 5.41) is 39.2. The summed E-state index contributed by atoms with van der Waals surface area (Å²) in [7, 11) is 0. The van der Waals surface area contributed by atoms with Gasteiger partial charge in [0, 0.05) is 181 Å². The molecule has 1 aliphatic rings. The summed E-state index contributed by atoms with van der Waals surface area (Å²) in [6.45, 7) is 1.52. The second kappa shape index (κ2) is 18.4. The van der Waals surface area contributed by atoms with Crippen molar-refractivity contribution in [3.05, 3.63) is 54.1 Å². The third-order valence-corrected chi connectivity index (χ3v) is 5.25. The Morgan fingerprint density at radius 2 is 1.47 bits per heavy atom. The second-order valence-electron chi connectivity index (χ2n) is 6.18. The summed E-state index contributed by atoms with van der Waals surface area (Å²) in [5.74, 6) is 0.474. The van der Waals surface area contributed by atoms with Gasteiger partial charge in [-0.1, -0.05) is 41.6 Å². The topological polar surface area (TPSA) is 99.4 Å². The van der Waals surface area contributed by atoms with Crippen molar-refractivity contribution in [2.45, 2.75) is 47.4 Å². The largest absolute Gasteiger partial charge is 0.461 e. The molecule has 152 valence electrons. The first kappa shape index (κ1) is 36.3. The minimum atomic E-state index is -1.47. The molecule has 0 aromatic heterocycles. The number of para-hydroxylation sites is 1. The van der Waals surface area contributed by atoms with Gasteiger partial charge in [-0.2, -0.15) is 0 Å². The van der Waals surface area contributed by atoms with Crippen LogP contribution in [0.5, 0.6) is 5.75 Å². The van der Waals surface area contributed by atoms with Gasteiger partial charge in [-0.3, -0.25) is 0 Å². The second-order valence-corrected chi connectivity index (χ2v) is 7.29. The number of aliphatic hydroxyl groups is 4. The van der Waals surface area contributed by atoms with Crippen LogP contribution < -0.4 is 4.74 Å². The van der Waals surface area contributed by atoms with Gasteiger partial charge < -0.3 is 29.9 Å². The zero-order chi connectivity index (χ0) is 18.7. The van der Waals surface area contributed by atoms with E-state index in [2.05, 4.69) is 0 Å². The normalized spacial score (nSPS) is 24.9. The van der Waals surface area contributed by atoms with Crippen molar-refractivity contribution in [1.29, 1.82) is 0 Å². The molecule has 30 heavy (non-hydrogen) atoms. The molecule has 0 unspecified atom stereocenters. The smallest absolute Gasteiger partial charge is 0.229 e. The van der Waals surface area contributed by atoms with E-state index in [1.54, 1.807) is 12.1 Å². The quantitative estimate of drug-likeness (QED) is 0.359. The van der Waals surface area contributed by atoms with E-state index in [9.17, 15) is 20.4 Å². The third-order valence-electron chi connectivity index (χ3n) is 4.19. The van der Waals surface area contributed by atoms with Crippen LogP contribution in [-0.2, 0) is 4.74 Å². The van der Waals surface area contributed by atoms with Gasteiger partial charge in [-0.05, 0) is 31.2 Å². The Balaban J connectivity index is 0. The number of hydrogen-bond donors (Lipinski definition) is 4. The molecule has 1 aliphatic heterocycles. The minimum absolute atomic E-state index is 0. The predicted molar refractivity (Wildman–Crippen MR) is 96.1 cm³/mol. The van der Waals surface area contributed by atoms with Crippen LogP contribution in [0.15, 0.2) is 58.3 Å². The molecule has 3 rings (SSSR count). The maximum atomic E-state index is 10.1. The van der Waals surface area contributed by atoms with Crippen molar-refractivity contribution in [2.75, 3.05) is 6.61 Å². The van der Waals surface area contributed by atoms with Crippen LogP contribution in [0.2, 0.25) is 0 Å². The number of hydrogen-bond acceptors (Lipinski definition) is 7. The molecule has 1 saturated heterocycles. The molecule has 4 N–H and O–H groups in total. The summed E-state index contributed by atoms with van der Waals surface area (Å²) in [6.07, 6.45) is -6.53. The van der Waals surface area contributed by atoms with E-state index in [0.29, 0.717) is 5.75 Å². The van der Waals surface area contributed by atoms with E-state index >= 15 is 0 Å². The Morgan fingerprint density at radius 1 is 0.867 bits per heavy atom. The zero-order valence-electron chi connectivity index (χ0n) is 16.5. The van der Waals surface area contributed by atoms with Crippen molar-refractivity contribution in [3.8, 4) is 5.75 Å². The van der Waals surface area contributed by atoms with Crippen LogP contribution in [0.25, 0.3) is 0 Å². The average molecular weight is 1290 g/mol. The van der Waals surface area contributed by atoms with Crippen molar-refractivity contribution in [2.24, 2.45) is 0 Å². The molecule has 0 bridgehead atoms. The molecule has 0 saturated carbocycles. The zero-order valence-corrected chi connectivity index (χ0v) is 36.3. The molecule has 0 amide bonds. The molecule has 1 heterocycles. The maximum Gasteiger partial charge on any atom is 0.229 e. The van der Waals surface area contributed by atoms with Gasteiger partial charge in [0.15, 0.2) is 0 Å². The van der Waals surface area contributed by atoms with Crippen molar-refractivity contribution < 1.29 is 206 Å². The molecule has 1 fully saturated rings. The van der Waals surface area contributed by atoms with E-state index < -0.39 is 37.3 Å². The van der Waals surface area contributed by atoms with E-state index in [1.807, 2.05) is 43.3 Å². The Kier molecular flexibility index (Phi) is 22.3. The number of rotatable bonds is 5. The molecular weight excluding hydrogens is 1260 g/mol. The minimum Gasteiger partial charge on any atom is -0.461 e. The molecule has 4 radical (unpaired) electrons. The molecule has 6 nitrogen and oxygen atoms in total. The third kappa shape index (κ3) is 10.3. The van der Waals surface area contributed by atoms with Gasteiger partial charge >= 0.3 is 0 Å². The van der Waals surface area contributed by atoms with E-state index in [4.69, 9.17) is 9.47 Å². The van der Waals surface area contributed by atoms with E-state index in [1.165, 1.54) is 17.3 Å². The van der Waals surface area contributed by atoms with Crippen LogP contribution in [0, 0.1) is 183 Å². The fraction of sp³-hybridized carbons (Fsp3) is 0.368. The Bertz CT molecular complexity index is 737. The SMILES string of the molecule is Cc1ccc(Sc2ccccc2O[C@@H]2O[C@H](CO)[C@@H](O)[C@H](O)[C@H]2O)cc1.[Ac].[Ac].[Ac].[Ac]. The van der Waals surface area contributed by atoms with Gasteiger partial charge in [-0.15, -0.1) is 0 Å². The van der Waals surface area contributed by atoms with E-state index in [0.717, 1.165) is 9.79 Å². The molecule has 0 aliphatic carbocycles. The molecule has 5 atom stereocenters. The molecule has 11 heteroatoms. The summed E-state index contributed by atoms with van der Waals surface area (Å²) in [6, 6.07) is 15.3. The van der Waals surface area contributed by atoms with Gasteiger partial charge in [-0.25, -0.2) is 0 Å². The summed E-state index contributed by atoms with van der Waals surface area (Å²) >= 11 is 1.50. The Hall–Kier alpha value is 4.16. The fourth-order valence-corrected chi connectivity index (χ4v) is 3.54. The van der Waals surface area contributed by atoms with Crippen molar-refractivity contribution in [1.82, 2.24) is 0 Å². The fourth-order valence-electron chi connectivity index (χ4n) is 2.65. The molecule has 0 spiro atoms. The van der Waals surface area contributed by atoms with Crippen LogP contribution >= 0.6 is 11.8 Å². The predicted octanol–water partition coefficient (Wildman–Crippen LogP) is 1.32. The monoisotopic (exact) mass is 1290 g/mol. The average Bonchev–Trinajstić information content (AvgIpc) is 2.65. The van der Waals surface area contributed by atoms with Gasteiger partial charge in [0.05, 0.1) is 11.5 Å². The van der Waals surface area contributed by atoms with Gasteiger partial charge in [0.25, 0.3) is 0 Å². The van der Waals surface area contributed by atoms with Crippen LogP contribution in [0.4, 0.5) is 0 Å². The first-order valence-corrected chi connectivity index (χ1v) is 9.12. The molecule has 2 aromatic carbocycles. The van der Waals surface area contributed by atoms with Gasteiger partial charge in [0.1, 0.15) is 30.2 Å². The van der Waals surface area contributed by atoms with E-state index in [-0.39, 0.29) is 176 Å². The summed E-state index contributed by atoms with van der Waals surface area (Å²) < 4.78 is 11.2. The number of ether oxygens (including phenoxy) is 2. The van der Waals surface area contributed by atoms with Gasteiger partial charge in [0.2, 0.25) is 6.29 Å². The Morgan fingerprint density at radius 3 is 2.07 bits per heavy atom. The van der Waals surface area contributed by atoms with Crippen LogP contribution in [0.1, 0.15) is 5.56 Å². The first-order chi connectivity index (χ1) is 12.5. The van der Waals surface area contributed by atoms with Crippen LogP contribution in [0.3, 0.4) is 0 Å². The Labute approximate surface area is 324 Å². The number of aliphatic hydroxyl groups excluding tert-OH is 4. The van der Waals surface area contributed by atoms with Crippen molar-refractivity contribution in [3.63, 3.8) is 0 Å². The van der Waals surface area contributed by atoms with Crippen molar-refractivity contribution >= 4 is 11.8 Å². The standard InChI is InChI=1S/C19H22O6S.4Ac/c1-11-6-8-12(9-7-11)26-15-5-3-2-4-13(15)24-19-18(23)17(22)16(21)14(10-20)25-19;;;;/h2-9,14,16-23H,10H2,1H3;;;;/t14-,16-,17+,18-,19-;;;;/m1..../s1. The summed E-state index contributed by atoms with van der Waals surface area (Å²) in [4.78, 5) is 1.84.